The summed E-state index contributed by atoms with van der Waals surface area (Å²) in [7, 11) is 0. The number of aromatic nitrogens is 2. The number of rotatable bonds is 7. The van der Waals surface area contributed by atoms with Crippen molar-refractivity contribution in [1.29, 1.82) is 0 Å². The first-order valence-electron chi connectivity index (χ1n) is 8.48. The molecule has 2 N–H and O–H groups in total. The number of halogens is 4. The summed E-state index contributed by atoms with van der Waals surface area (Å²) >= 11 is 0. The summed E-state index contributed by atoms with van der Waals surface area (Å²) in [5, 5.41) is 5.09. The maximum Gasteiger partial charge on any atom is 0.422 e. The largest absolute Gasteiger partial charge is 0.466 e. The van der Waals surface area contributed by atoms with E-state index in [0.717, 1.165) is 12.3 Å². The maximum absolute atomic E-state index is 13.8. The van der Waals surface area contributed by atoms with Crippen molar-refractivity contribution in [3.63, 3.8) is 0 Å². The van der Waals surface area contributed by atoms with E-state index in [1.807, 2.05) is 0 Å². The van der Waals surface area contributed by atoms with Crippen LogP contribution >= 0.6 is 0 Å². The number of aryl methyl sites for hydroxylation is 1. The van der Waals surface area contributed by atoms with E-state index < -0.39 is 30.4 Å². The van der Waals surface area contributed by atoms with Crippen LogP contribution in [0.3, 0.4) is 0 Å². The molecule has 0 saturated heterocycles. The van der Waals surface area contributed by atoms with E-state index >= 15 is 0 Å². The number of nitrogens with zero attached hydrogens (tertiary/aromatic N) is 2. The Kier molecular flexibility index (Phi) is 7.08. The van der Waals surface area contributed by atoms with Crippen molar-refractivity contribution in [2.45, 2.75) is 33.0 Å². The minimum atomic E-state index is -4.61. The third-order valence-corrected chi connectivity index (χ3v) is 3.49. The van der Waals surface area contributed by atoms with Crippen molar-refractivity contribution >= 4 is 17.6 Å². The van der Waals surface area contributed by atoms with Gasteiger partial charge < -0.3 is 15.4 Å². The van der Waals surface area contributed by atoms with Gasteiger partial charge in [-0.2, -0.15) is 13.2 Å². The van der Waals surface area contributed by atoms with Gasteiger partial charge in [-0.25, -0.2) is 14.4 Å². The number of carbonyl (C=O) groups is 2. The van der Waals surface area contributed by atoms with Gasteiger partial charge in [-0.15, -0.1) is 0 Å². The van der Waals surface area contributed by atoms with Gasteiger partial charge in [0.05, 0.1) is 0 Å². The molecular weight excluding hydrogens is 396 g/mol. The number of carbonyl (C=O) groups excluding carboxylic acids is 2. The normalized spacial score (nSPS) is 11.1. The number of amides is 2. The summed E-state index contributed by atoms with van der Waals surface area (Å²) in [6.45, 7) is 1.54. The predicted octanol–water partition coefficient (Wildman–Crippen LogP) is 3.14. The van der Waals surface area contributed by atoms with Crippen LogP contribution in [0.5, 0.6) is 5.88 Å². The standard InChI is InChI=1S/C18H18F4N4O3/c1-3-15(27)26-14-6-12(4-10(2)25-14)16(28)23-7-11-5-13(19)17(24-8-11)29-9-18(20,21)22/h4-6,8H,3,7,9H2,1-2H3,(H,23,28)(H,25,26,27). The Morgan fingerprint density at radius 3 is 2.55 bits per heavy atom. The number of alkyl halides is 3. The van der Waals surface area contributed by atoms with Gasteiger partial charge in [0.15, 0.2) is 12.4 Å². The molecule has 2 aromatic heterocycles. The third kappa shape index (κ3) is 7.01. The first-order valence-corrected chi connectivity index (χ1v) is 8.48. The van der Waals surface area contributed by atoms with E-state index in [1.165, 1.54) is 12.1 Å². The molecule has 0 aliphatic rings. The van der Waals surface area contributed by atoms with Gasteiger partial charge in [0.1, 0.15) is 5.82 Å². The lowest BCUT2D eigenvalue weighted by Gasteiger charge is -2.11. The molecule has 0 radical (unpaired) electrons. The fourth-order valence-electron chi connectivity index (χ4n) is 2.20. The molecule has 0 spiro atoms. The van der Waals surface area contributed by atoms with Crippen LogP contribution in [0, 0.1) is 12.7 Å². The van der Waals surface area contributed by atoms with Gasteiger partial charge in [0.2, 0.25) is 5.91 Å². The second kappa shape index (κ2) is 9.30. The summed E-state index contributed by atoms with van der Waals surface area (Å²) in [4.78, 5) is 31.4. The van der Waals surface area contributed by atoms with E-state index in [9.17, 15) is 27.2 Å². The van der Waals surface area contributed by atoms with Crippen LogP contribution in [0.2, 0.25) is 0 Å². The molecule has 0 unspecified atom stereocenters. The first-order chi connectivity index (χ1) is 13.6. The summed E-state index contributed by atoms with van der Waals surface area (Å²) in [5.41, 5.74) is 0.950. The Morgan fingerprint density at radius 1 is 1.21 bits per heavy atom. The summed E-state index contributed by atoms with van der Waals surface area (Å²) < 4.78 is 54.5. The summed E-state index contributed by atoms with van der Waals surface area (Å²) in [5.74, 6) is -2.41. The number of ether oxygens (including phenoxy) is 1. The van der Waals surface area contributed by atoms with Crippen LogP contribution in [-0.2, 0) is 11.3 Å². The van der Waals surface area contributed by atoms with Crippen LogP contribution in [0.4, 0.5) is 23.4 Å². The summed E-state index contributed by atoms with van der Waals surface area (Å²) in [6.07, 6.45) is -3.27. The lowest BCUT2D eigenvalue weighted by atomic mass is 10.2. The Hall–Kier alpha value is -3.24. The van der Waals surface area contributed by atoms with Gasteiger partial charge in [0.25, 0.3) is 11.8 Å². The molecule has 0 aliphatic heterocycles. The topological polar surface area (TPSA) is 93.2 Å². The van der Waals surface area contributed by atoms with Crippen molar-refractivity contribution in [1.82, 2.24) is 15.3 Å². The Labute approximate surface area is 163 Å². The molecule has 2 rings (SSSR count). The Bertz CT molecular complexity index is 903. The SMILES string of the molecule is CCC(=O)Nc1cc(C(=O)NCc2cnc(OCC(F)(F)F)c(F)c2)cc(C)n1. The predicted molar refractivity (Wildman–Crippen MR) is 94.8 cm³/mol. The highest BCUT2D eigenvalue weighted by molar-refractivity contribution is 5.96. The zero-order chi connectivity index (χ0) is 21.6. The molecule has 0 bridgehead atoms. The zero-order valence-electron chi connectivity index (χ0n) is 15.6. The average Bonchev–Trinajstić information content (AvgIpc) is 2.64. The molecule has 156 valence electrons. The highest BCUT2D eigenvalue weighted by Crippen LogP contribution is 2.20. The highest BCUT2D eigenvalue weighted by Gasteiger charge is 2.29. The smallest absolute Gasteiger partial charge is 0.422 e. The molecule has 7 nitrogen and oxygen atoms in total. The van der Waals surface area contributed by atoms with E-state index in [-0.39, 0.29) is 35.8 Å². The highest BCUT2D eigenvalue weighted by atomic mass is 19.4. The van der Waals surface area contributed by atoms with Crippen LogP contribution in [0.25, 0.3) is 0 Å². The monoisotopic (exact) mass is 414 g/mol. The maximum atomic E-state index is 13.8. The second-order valence-electron chi connectivity index (χ2n) is 6.00. The average molecular weight is 414 g/mol. The Morgan fingerprint density at radius 2 is 1.93 bits per heavy atom. The van der Waals surface area contributed by atoms with E-state index in [2.05, 4.69) is 25.3 Å². The second-order valence-corrected chi connectivity index (χ2v) is 6.00. The number of hydrogen-bond acceptors (Lipinski definition) is 5. The molecule has 29 heavy (non-hydrogen) atoms. The van der Waals surface area contributed by atoms with Crippen molar-refractivity contribution in [3.05, 3.63) is 47.0 Å². The van der Waals surface area contributed by atoms with Crippen LogP contribution in [-0.4, -0.2) is 34.6 Å². The lowest BCUT2D eigenvalue weighted by Crippen LogP contribution is -2.24. The van der Waals surface area contributed by atoms with Crippen LogP contribution < -0.4 is 15.4 Å². The van der Waals surface area contributed by atoms with Gasteiger partial charge in [0, 0.05) is 30.4 Å². The zero-order valence-corrected chi connectivity index (χ0v) is 15.6. The van der Waals surface area contributed by atoms with Crippen molar-refractivity contribution in [2.75, 3.05) is 11.9 Å². The number of anilines is 1. The van der Waals surface area contributed by atoms with Crippen molar-refractivity contribution in [2.24, 2.45) is 0 Å². The van der Waals surface area contributed by atoms with E-state index in [0.29, 0.717) is 5.69 Å². The van der Waals surface area contributed by atoms with Crippen molar-refractivity contribution in [3.8, 4) is 5.88 Å². The van der Waals surface area contributed by atoms with Crippen molar-refractivity contribution < 1.29 is 31.9 Å². The number of pyridine rings is 2. The fourth-order valence-corrected chi connectivity index (χ4v) is 2.20. The minimum absolute atomic E-state index is 0.125. The van der Waals surface area contributed by atoms with Gasteiger partial charge in [-0.3, -0.25) is 9.59 Å². The molecule has 2 heterocycles. The molecule has 2 aromatic rings. The third-order valence-electron chi connectivity index (χ3n) is 3.49. The molecule has 2 amide bonds. The Balaban J connectivity index is 2.02. The first kappa shape index (κ1) is 22.1. The number of nitrogens with one attached hydrogen (secondary N) is 2. The molecule has 11 heteroatoms. The van der Waals surface area contributed by atoms with Crippen LogP contribution in [0.15, 0.2) is 24.4 Å². The molecule has 0 aromatic carbocycles. The van der Waals surface area contributed by atoms with E-state index in [4.69, 9.17) is 0 Å². The summed E-state index contributed by atoms with van der Waals surface area (Å²) in [6, 6.07) is 3.82. The lowest BCUT2D eigenvalue weighted by molar-refractivity contribution is -0.154. The van der Waals surface area contributed by atoms with Gasteiger partial charge in [-0.1, -0.05) is 6.92 Å². The van der Waals surface area contributed by atoms with Crippen LogP contribution in [0.1, 0.15) is 35.0 Å². The minimum Gasteiger partial charge on any atom is -0.466 e. The fraction of sp³-hybridized carbons (Fsp3) is 0.333. The molecule has 0 saturated carbocycles. The molecular formula is C18H18F4N4O3. The van der Waals surface area contributed by atoms with E-state index in [1.54, 1.807) is 13.8 Å². The molecule has 0 aliphatic carbocycles. The number of hydrogen-bond donors (Lipinski definition) is 2. The van der Waals surface area contributed by atoms with Gasteiger partial charge in [-0.05, 0) is 30.7 Å². The quantitative estimate of drug-likeness (QED) is 0.679. The molecule has 0 fully saturated rings. The van der Waals surface area contributed by atoms with Gasteiger partial charge >= 0.3 is 6.18 Å². The molecule has 0 atom stereocenters.